The van der Waals surface area contributed by atoms with Crippen molar-refractivity contribution in [2.75, 3.05) is 20.3 Å². The lowest BCUT2D eigenvalue weighted by molar-refractivity contribution is 0.143. The van der Waals surface area contributed by atoms with Gasteiger partial charge in [-0.3, -0.25) is 0 Å². The molecule has 1 aromatic heterocycles. The van der Waals surface area contributed by atoms with Gasteiger partial charge in [-0.05, 0) is 32.4 Å². The average molecular weight is 294 g/mol. The van der Waals surface area contributed by atoms with E-state index in [9.17, 15) is 0 Å². The first-order chi connectivity index (χ1) is 9.62. The van der Waals surface area contributed by atoms with Crippen LogP contribution in [0.25, 0.3) is 0 Å². The fourth-order valence-corrected chi connectivity index (χ4v) is 1.72. The van der Waals surface area contributed by atoms with Crippen LogP contribution in [0.4, 0.5) is 0 Å². The van der Waals surface area contributed by atoms with Crippen molar-refractivity contribution in [3.63, 3.8) is 0 Å². The van der Waals surface area contributed by atoms with Gasteiger partial charge in [0.25, 0.3) is 0 Å². The van der Waals surface area contributed by atoms with Gasteiger partial charge in [-0.2, -0.15) is 0 Å². The molecule has 0 spiro atoms. The molecular weight excluding hydrogens is 264 g/mol. The molecular formula is C17H30N2O2. The van der Waals surface area contributed by atoms with Crippen molar-refractivity contribution < 1.29 is 9.47 Å². The molecule has 0 unspecified atom stereocenters. The highest BCUT2D eigenvalue weighted by Crippen LogP contribution is 2.24. The highest BCUT2D eigenvalue weighted by molar-refractivity contribution is 5.28. The van der Waals surface area contributed by atoms with Gasteiger partial charge in [0.15, 0.2) is 0 Å². The monoisotopic (exact) mass is 294 g/mol. The van der Waals surface area contributed by atoms with Crippen LogP contribution in [0.2, 0.25) is 0 Å². The van der Waals surface area contributed by atoms with E-state index in [1.165, 1.54) is 5.56 Å². The van der Waals surface area contributed by atoms with Crippen molar-refractivity contribution in [1.29, 1.82) is 0 Å². The zero-order valence-corrected chi connectivity index (χ0v) is 14.5. The standard InChI is InChI=1S/C17H30N2O2/c1-16(2,3)14-10-13(12-18-17(4,5)6)11-15(19-14)21-9-8-20-7/h10-11,18H,8-9,12H2,1-7H3. The lowest BCUT2D eigenvalue weighted by Crippen LogP contribution is -2.35. The molecule has 21 heavy (non-hydrogen) atoms. The van der Waals surface area contributed by atoms with E-state index in [-0.39, 0.29) is 11.0 Å². The predicted molar refractivity (Wildman–Crippen MR) is 86.9 cm³/mol. The Morgan fingerprint density at radius 1 is 1.05 bits per heavy atom. The van der Waals surface area contributed by atoms with Crippen molar-refractivity contribution in [1.82, 2.24) is 10.3 Å². The molecule has 0 fully saturated rings. The second-order valence-electron chi connectivity index (χ2n) is 7.39. The Bertz CT molecular complexity index is 445. The molecule has 1 N–H and O–H groups in total. The Hall–Kier alpha value is -1.13. The number of rotatable bonds is 6. The summed E-state index contributed by atoms with van der Waals surface area (Å²) in [6.45, 7) is 14.9. The number of pyridine rings is 1. The van der Waals surface area contributed by atoms with E-state index in [1.54, 1.807) is 7.11 Å². The molecule has 0 saturated carbocycles. The van der Waals surface area contributed by atoms with Crippen LogP contribution in [0.15, 0.2) is 12.1 Å². The summed E-state index contributed by atoms with van der Waals surface area (Å²) < 4.78 is 10.7. The van der Waals surface area contributed by atoms with Crippen molar-refractivity contribution in [2.45, 2.75) is 59.0 Å². The van der Waals surface area contributed by atoms with Crippen LogP contribution >= 0.6 is 0 Å². The maximum absolute atomic E-state index is 5.69. The smallest absolute Gasteiger partial charge is 0.213 e. The van der Waals surface area contributed by atoms with Gasteiger partial charge in [-0.25, -0.2) is 4.98 Å². The largest absolute Gasteiger partial charge is 0.475 e. The second-order valence-corrected chi connectivity index (χ2v) is 7.39. The molecule has 1 rings (SSSR count). The van der Waals surface area contributed by atoms with E-state index in [1.807, 2.05) is 6.07 Å². The molecule has 0 amide bonds. The summed E-state index contributed by atoms with van der Waals surface area (Å²) in [6.07, 6.45) is 0. The quantitative estimate of drug-likeness (QED) is 0.818. The van der Waals surface area contributed by atoms with Crippen LogP contribution in [0.5, 0.6) is 5.88 Å². The third-order valence-corrected chi connectivity index (χ3v) is 2.99. The number of hydrogen-bond donors (Lipinski definition) is 1. The summed E-state index contributed by atoms with van der Waals surface area (Å²) >= 11 is 0. The summed E-state index contributed by atoms with van der Waals surface area (Å²) in [4.78, 5) is 4.62. The molecule has 0 aliphatic heterocycles. The minimum atomic E-state index is -0.00287. The molecule has 0 saturated heterocycles. The zero-order chi connectivity index (χ0) is 16.1. The number of hydrogen-bond acceptors (Lipinski definition) is 4. The zero-order valence-electron chi connectivity index (χ0n) is 14.5. The Balaban J connectivity index is 2.92. The number of nitrogens with zero attached hydrogens (tertiary/aromatic N) is 1. The molecule has 0 bridgehead atoms. The van der Waals surface area contributed by atoms with Crippen molar-refractivity contribution >= 4 is 0 Å². The fraction of sp³-hybridized carbons (Fsp3) is 0.706. The van der Waals surface area contributed by atoms with Gasteiger partial charge in [0, 0.05) is 30.7 Å². The Morgan fingerprint density at radius 2 is 1.71 bits per heavy atom. The topological polar surface area (TPSA) is 43.4 Å². The lowest BCUT2D eigenvalue weighted by Gasteiger charge is -2.23. The van der Waals surface area contributed by atoms with Crippen molar-refractivity contribution in [3.05, 3.63) is 23.4 Å². The van der Waals surface area contributed by atoms with Crippen LogP contribution in [0.3, 0.4) is 0 Å². The first kappa shape index (κ1) is 17.9. The summed E-state index contributed by atoms with van der Waals surface area (Å²) in [5, 5.41) is 3.50. The number of ether oxygens (including phenoxy) is 2. The van der Waals surface area contributed by atoms with Crippen molar-refractivity contribution in [3.8, 4) is 5.88 Å². The van der Waals surface area contributed by atoms with Crippen LogP contribution < -0.4 is 10.1 Å². The Morgan fingerprint density at radius 3 is 2.24 bits per heavy atom. The van der Waals surface area contributed by atoms with E-state index in [4.69, 9.17) is 9.47 Å². The number of methoxy groups -OCH3 is 1. The minimum Gasteiger partial charge on any atom is -0.475 e. The van der Waals surface area contributed by atoms with E-state index in [0.29, 0.717) is 19.1 Å². The Labute approximate surface area is 129 Å². The predicted octanol–water partition coefficient (Wildman–Crippen LogP) is 3.29. The number of aromatic nitrogens is 1. The third-order valence-electron chi connectivity index (χ3n) is 2.99. The molecule has 0 aliphatic rings. The van der Waals surface area contributed by atoms with Crippen LogP contribution in [-0.2, 0) is 16.7 Å². The maximum atomic E-state index is 5.69. The van der Waals surface area contributed by atoms with Crippen LogP contribution in [-0.4, -0.2) is 30.8 Å². The fourth-order valence-electron chi connectivity index (χ4n) is 1.72. The maximum Gasteiger partial charge on any atom is 0.213 e. The van der Waals surface area contributed by atoms with Gasteiger partial charge in [0.05, 0.1) is 12.3 Å². The number of nitrogens with one attached hydrogen (secondary N) is 1. The summed E-state index contributed by atoms with van der Waals surface area (Å²) in [5.74, 6) is 0.671. The van der Waals surface area contributed by atoms with E-state index >= 15 is 0 Å². The van der Waals surface area contributed by atoms with Gasteiger partial charge in [0.2, 0.25) is 5.88 Å². The molecule has 4 heteroatoms. The molecule has 0 aromatic carbocycles. The molecule has 4 nitrogen and oxygen atoms in total. The first-order valence-electron chi connectivity index (χ1n) is 7.50. The van der Waals surface area contributed by atoms with Crippen LogP contribution in [0, 0.1) is 0 Å². The molecule has 0 atom stereocenters. The van der Waals surface area contributed by atoms with E-state index in [2.05, 4.69) is 57.9 Å². The average Bonchev–Trinajstić information content (AvgIpc) is 2.35. The molecule has 1 aromatic rings. The summed E-state index contributed by atoms with van der Waals surface area (Å²) in [6, 6.07) is 4.16. The first-order valence-corrected chi connectivity index (χ1v) is 7.50. The highest BCUT2D eigenvalue weighted by Gasteiger charge is 2.18. The third kappa shape index (κ3) is 6.91. The van der Waals surface area contributed by atoms with Gasteiger partial charge < -0.3 is 14.8 Å². The second kappa shape index (κ2) is 7.23. The van der Waals surface area contributed by atoms with E-state index in [0.717, 1.165) is 12.2 Å². The molecule has 0 radical (unpaired) electrons. The minimum absolute atomic E-state index is 0.00287. The normalized spacial score (nSPS) is 12.5. The van der Waals surface area contributed by atoms with Gasteiger partial charge in [0.1, 0.15) is 6.61 Å². The highest BCUT2D eigenvalue weighted by atomic mass is 16.5. The molecule has 0 aliphatic carbocycles. The van der Waals surface area contributed by atoms with Crippen LogP contribution in [0.1, 0.15) is 52.8 Å². The summed E-state index contributed by atoms with van der Waals surface area (Å²) in [5.41, 5.74) is 2.32. The van der Waals surface area contributed by atoms with E-state index < -0.39 is 0 Å². The van der Waals surface area contributed by atoms with Gasteiger partial charge >= 0.3 is 0 Å². The SMILES string of the molecule is COCCOc1cc(CNC(C)(C)C)cc(C(C)(C)C)n1. The molecule has 1 heterocycles. The van der Waals surface area contributed by atoms with Gasteiger partial charge in [-0.1, -0.05) is 20.8 Å². The lowest BCUT2D eigenvalue weighted by atomic mass is 9.90. The Kier molecular flexibility index (Phi) is 6.17. The summed E-state index contributed by atoms with van der Waals surface area (Å²) in [7, 11) is 1.67. The van der Waals surface area contributed by atoms with Crippen molar-refractivity contribution in [2.24, 2.45) is 0 Å². The van der Waals surface area contributed by atoms with Gasteiger partial charge in [-0.15, -0.1) is 0 Å². The molecule has 120 valence electrons.